The minimum absolute atomic E-state index is 0.521. The van der Waals surface area contributed by atoms with Gasteiger partial charge in [-0.1, -0.05) is 34.8 Å². The minimum atomic E-state index is 0.521. The van der Waals surface area contributed by atoms with E-state index in [-0.39, 0.29) is 0 Å². The van der Waals surface area contributed by atoms with Gasteiger partial charge in [0.2, 0.25) is 0 Å². The van der Waals surface area contributed by atoms with Crippen LogP contribution in [-0.4, -0.2) is 6.61 Å². The standard InChI is InChI=1S/C15H14Cl3NO/c1-2-20-15-13(17)7-10(8-14(15)18)9-19-12-5-3-11(16)4-6-12/h3-8,19H,2,9H2,1H3. The van der Waals surface area contributed by atoms with E-state index in [1.165, 1.54) is 0 Å². The molecule has 0 aliphatic carbocycles. The Morgan fingerprint density at radius 1 is 1.00 bits per heavy atom. The van der Waals surface area contributed by atoms with E-state index in [0.717, 1.165) is 11.3 Å². The van der Waals surface area contributed by atoms with Gasteiger partial charge in [-0.2, -0.15) is 0 Å². The number of rotatable bonds is 5. The van der Waals surface area contributed by atoms with Gasteiger partial charge in [0, 0.05) is 17.3 Å². The Bertz CT molecular complexity index is 561. The quantitative estimate of drug-likeness (QED) is 0.764. The molecule has 2 aromatic carbocycles. The fourth-order valence-corrected chi connectivity index (χ4v) is 2.54. The highest BCUT2D eigenvalue weighted by Gasteiger charge is 2.09. The maximum Gasteiger partial charge on any atom is 0.156 e. The summed E-state index contributed by atoms with van der Waals surface area (Å²) >= 11 is 18.2. The van der Waals surface area contributed by atoms with Crippen molar-refractivity contribution in [1.29, 1.82) is 0 Å². The van der Waals surface area contributed by atoms with Gasteiger partial charge in [0.05, 0.1) is 16.7 Å². The second-order valence-electron chi connectivity index (χ2n) is 4.18. The van der Waals surface area contributed by atoms with E-state index in [4.69, 9.17) is 39.5 Å². The van der Waals surface area contributed by atoms with Crippen molar-refractivity contribution in [3.8, 4) is 5.75 Å². The summed E-state index contributed by atoms with van der Waals surface area (Å²) in [6.07, 6.45) is 0. The molecule has 0 amide bonds. The van der Waals surface area contributed by atoms with Crippen LogP contribution in [0.5, 0.6) is 5.75 Å². The maximum atomic E-state index is 6.16. The van der Waals surface area contributed by atoms with Crippen molar-refractivity contribution in [2.24, 2.45) is 0 Å². The molecule has 0 saturated carbocycles. The van der Waals surface area contributed by atoms with Crippen molar-refractivity contribution in [2.45, 2.75) is 13.5 Å². The molecule has 2 aromatic rings. The number of benzene rings is 2. The Labute approximate surface area is 133 Å². The summed E-state index contributed by atoms with van der Waals surface area (Å²) in [6, 6.07) is 11.2. The second-order valence-corrected chi connectivity index (χ2v) is 5.43. The van der Waals surface area contributed by atoms with Crippen molar-refractivity contribution < 1.29 is 4.74 Å². The normalized spacial score (nSPS) is 10.4. The van der Waals surface area contributed by atoms with E-state index in [1.54, 1.807) is 0 Å². The summed E-state index contributed by atoms with van der Waals surface area (Å²) in [5.41, 5.74) is 1.97. The summed E-state index contributed by atoms with van der Waals surface area (Å²) in [7, 11) is 0. The van der Waals surface area contributed by atoms with Crippen LogP contribution in [0.15, 0.2) is 36.4 Å². The zero-order valence-corrected chi connectivity index (χ0v) is 13.2. The maximum absolute atomic E-state index is 6.16. The van der Waals surface area contributed by atoms with Gasteiger partial charge in [-0.15, -0.1) is 0 Å². The molecule has 20 heavy (non-hydrogen) atoms. The smallest absolute Gasteiger partial charge is 0.156 e. The average Bonchev–Trinajstić information content (AvgIpc) is 2.42. The molecule has 0 bridgehead atoms. The molecule has 0 radical (unpaired) electrons. The van der Waals surface area contributed by atoms with Gasteiger partial charge in [0.1, 0.15) is 0 Å². The van der Waals surface area contributed by atoms with Crippen LogP contribution in [0.1, 0.15) is 12.5 Å². The lowest BCUT2D eigenvalue weighted by atomic mass is 10.2. The third-order valence-corrected chi connectivity index (χ3v) is 3.50. The number of nitrogens with one attached hydrogen (secondary N) is 1. The third-order valence-electron chi connectivity index (χ3n) is 2.69. The summed E-state index contributed by atoms with van der Waals surface area (Å²) in [5.74, 6) is 0.533. The van der Waals surface area contributed by atoms with Crippen LogP contribution in [0.4, 0.5) is 5.69 Å². The van der Waals surface area contributed by atoms with Crippen LogP contribution in [0, 0.1) is 0 Å². The molecule has 2 nitrogen and oxygen atoms in total. The molecule has 0 fully saturated rings. The van der Waals surface area contributed by atoms with Gasteiger partial charge in [-0.3, -0.25) is 0 Å². The highest BCUT2D eigenvalue weighted by molar-refractivity contribution is 6.37. The summed E-state index contributed by atoms with van der Waals surface area (Å²) < 4.78 is 5.40. The highest BCUT2D eigenvalue weighted by atomic mass is 35.5. The minimum Gasteiger partial charge on any atom is -0.491 e. The predicted octanol–water partition coefficient (Wildman–Crippen LogP) is 5.66. The number of hydrogen-bond donors (Lipinski definition) is 1. The molecule has 1 N–H and O–H groups in total. The first kappa shape index (κ1) is 15.3. The van der Waals surface area contributed by atoms with Gasteiger partial charge in [0.25, 0.3) is 0 Å². The molecule has 106 valence electrons. The largest absolute Gasteiger partial charge is 0.491 e. The van der Waals surface area contributed by atoms with Crippen LogP contribution in [0.3, 0.4) is 0 Å². The van der Waals surface area contributed by atoms with Crippen molar-refractivity contribution in [3.05, 3.63) is 57.0 Å². The SMILES string of the molecule is CCOc1c(Cl)cc(CNc2ccc(Cl)cc2)cc1Cl. The van der Waals surface area contributed by atoms with E-state index in [9.17, 15) is 0 Å². The molecular weight excluding hydrogens is 317 g/mol. The lowest BCUT2D eigenvalue weighted by Crippen LogP contribution is -2.00. The Morgan fingerprint density at radius 2 is 1.60 bits per heavy atom. The van der Waals surface area contributed by atoms with E-state index >= 15 is 0 Å². The molecule has 0 atom stereocenters. The molecule has 0 saturated heterocycles. The molecule has 0 aromatic heterocycles. The fraction of sp³-hybridized carbons (Fsp3) is 0.200. The van der Waals surface area contributed by atoms with Gasteiger partial charge in [-0.05, 0) is 48.9 Å². The van der Waals surface area contributed by atoms with Crippen molar-refractivity contribution in [2.75, 3.05) is 11.9 Å². The van der Waals surface area contributed by atoms with Crippen LogP contribution in [0.25, 0.3) is 0 Å². The molecule has 0 heterocycles. The zero-order chi connectivity index (χ0) is 14.5. The number of ether oxygens (including phenoxy) is 1. The third kappa shape index (κ3) is 3.95. The number of hydrogen-bond acceptors (Lipinski definition) is 2. The topological polar surface area (TPSA) is 21.3 Å². The first-order valence-corrected chi connectivity index (χ1v) is 7.33. The van der Waals surface area contributed by atoms with Crippen molar-refractivity contribution in [3.63, 3.8) is 0 Å². The number of anilines is 1. The predicted molar refractivity (Wildman–Crippen MR) is 86.4 cm³/mol. The second kappa shape index (κ2) is 7.07. The van der Waals surface area contributed by atoms with Gasteiger partial charge < -0.3 is 10.1 Å². The monoisotopic (exact) mass is 329 g/mol. The fourth-order valence-electron chi connectivity index (χ4n) is 1.77. The van der Waals surface area contributed by atoms with Crippen molar-refractivity contribution in [1.82, 2.24) is 0 Å². The zero-order valence-electron chi connectivity index (χ0n) is 10.9. The first-order chi connectivity index (χ1) is 9.60. The van der Waals surface area contributed by atoms with Gasteiger partial charge >= 0.3 is 0 Å². The molecule has 5 heteroatoms. The van der Waals surface area contributed by atoms with Crippen LogP contribution < -0.4 is 10.1 Å². The Hall–Kier alpha value is -1.09. The van der Waals surface area contributed by atoms with Crippen LogP contribution in [0.2, 0.25) is 15.1 Å². The average molecular weight is 331 g/mol. The van der Waals surface area contributed by atoms with E-state index < -0.39 is 0 Å². The lowest BCUT2D eigenvalue weighted by Gasteiger charge is -2.11. The van der Waals surface area contributed by atoms with Crippen LogP contribution in [-0.2, 0) is 6.54 Å². The molecule has 0 spiro atoms. The van der Waals surface area contributed by atoms with E-state index in [1.807, 2.05) is 43.3 Å². The molecule has 0 aliphatic rings. The molecule has 2 rings (SSSR count). The molecule has 0 unspecified atom stereocenters. The Kier molecular flexibility index (Phi) is 5.41. The van der Waals surface area contributed by atoms with E-state index in [0.29, 0.717) is 34.0 Å². The van der Waals surface area contributed by atoms with E-state index in [2.05, 4.69) is 5.32 Å². The van der Waals surface area contributed by atoms with Crippen molar-refractivity contribution >= 4 is 40.5 Å². The Morgan fingerprint density at radius 3 is 2.15 bits per heavy atom. The van der Waals surface area contributed by atoms with Gasteiger partial charge in [-0.25, -0.2) is 0 Å². The summed E-state index contributed by atoms with van der Waals surface area (Å²) in [5, 5.41) is 5.03. The summed E-state index contributed by atoms with van der Waals surface area (Å²) in [4.78, 5) is 0. The molecule has 0 aliphatic heterocycles. The first-order valence-electron chi connectivity index (χ1n) is 6.20. The number of halogens is 3. The molecular formula is C15H14Cl3NO. The summed E-state index contributed by atoms with van der Waals surface area (Å²) in [6.45, 7) is 3.04. The highest BCUT2D eigenvalue weighted by Crippen LogP contribution is 2.34. The van der Waals surface area contributed by atoms with Crippen LogP contribution >= 0.6 is 34.8 Å². The Balaban J connectivity index is 2.08. The van der Waals surface area contributed by atoms with Gasteiger partial charge in [0.15, 0.2) is 5.75 Å². The lowest BCUT2D eigenvalue weighted by molar-refractivity contribution is 0.340.